The van der Waals surface area contributed by atoms with Crippen molar-refractivity contribution < 1.29 is 0 Å². The van der Waals surface area contributed by atoms with E-state index in [2.05, 4.69) is 39.8 Å². The summed E-state index contributed by atoms with van der Waals surface area (Å²) in [5.41, 5.74) is 6.26. The van der Waals surface area contributed by atoms with E-state index in [9.17, 15) is 0 Å². The summed E-state index contributed by atoms with van der Waals surface area (Å²) in [5.74, 6) is 0. The third kappa shape index (κ3) is 2.08. The Bertz CT molecular complexity index is 257. The highest BCUT2D eigenvalue weighted by atomic mass is 32.1. The molecule has 1 heterocycles. The molecule has 1 aromatic rings. The van der Waals surface area contributed by atoms with Crippen molar-refractivity contribution in [1.29, 1.82) is 0 Å². The molecule has 1 nitrogen and oxygen atoms in total. The van der Waals surface area contributed by atoms with Gasteiger partial charge in [-0.15, -0.1) is 11.3 Å². The summed E-state index contributed by atoms with van der Waals surface area (Å²) in [4.78, 5) is 2.63. The summed E-state index contributed by atoms with van der Waals surface area (Å²) < 4.78 is 0. The van der Waals surface area contributed by atoms with Crippen molar-refractivity contribution in [3.8, 4) is 0 Å². The van der Waals surface area contributed by atoms with Crippen molar-refractivity contribution in [2.45, 2.75) is 33.7 Å². The van der Waals surface area contributed by atoms with Crippen LogP contribution in [0.5, 0.6) is 0 Å². The molecule has 0 fully saturated rings. The Balaban J connectivity index is 2.85. The second-order valence-corrected chi connectivity index (χ2v) is 5.61. The van der Waals surface area contributed by atoms with Gasteiger partial charge in [0.15, 0.2) is 0 Å². The van der Waals surface area contributed by atoms with E-state index in [1.54, 1.807) is 11.3 Å². The van der Waals surface area contributed by atoms with Crippen molar-refractivity contribution in [3.05, 3.63) is 21.9 Å². The van der Waals surface area contributed by atoms with Crippen LogP contribution in [0.1, 0.15) is 36.6 Å². The second kappa shape index (κ2) is 3.19. The Morgan fingerprint density at radius 2 is 1.92 bits per heavy atom. The molecule has 1 aromatic heterocycles. The van der Waals surface area contributed by atoms with Crippen LogP contribution < -0.4 is 5.73 Å². The van der Waals surface area contributed by atoms with E-state index < -0.39 is 0 Å². The van der Waals surface area contributed by atoms with Crippen LogP contribution in [0.25, 0.3) is 0 Å². The molecule has 0 bridgehead atoms. The van der Waals surface area contributed by atoms with Crippen LogP contribution in [-0.2, 0) is 0 Å². The molecule has 0 radical (unpaired) electrons. The van der Waals surface area contributed by atoms with Crippen LogP contribution in [-0.4, -0.2) is 0 Å². The number of aryl methyl sites for hydroxylation is 1. The molecule has 0 aromatic carbocycles. The average molecular weight is 183 g/mol. The molecule has 12 heavy (non-hydrogen) atoms. The van der Waals surface area contributed by atoms with E-state index >= 15 is 0 Å². The predicted octanol–water partition coefficient (Wildman–Crippen LogP) is 3.10. The van der Waals surface area contributed by atoms with E-state index in [4.69, 9.17) is 5.73 Å². The van der Waals surface area contributed by atoms with Crippen molar-refractivity contribution in [1.82, 2.24) is 0 Å². The molecule has 0 aliphatic heterocycles. The molecule has 0 saturated carbocycles. The summed E-state index contributed by atoms with van der Waals surface area (Å²) in [5, 5.41) is 0. The summed E-state index contributed by atoms with van der Waals surface area (Å²) in [7, 11) is 0. The molecule has 2 N–H and O–H groups in total. The topological polar surface area (TPSA) is 26.0 Å². The maximum absolute atomic E-state index is 6.10. The van der Waals surface area contributed by atoms with E-state index in [0.717, 1.165) is 0 Å². The molecule has 1 atom stereocenters. The maximum Gasteiger partial charge on any atom is 0.0439 e. The van der Waals surface area contributed by atoms with Gasteiger partial charge in [0, 0.05) is 15.8 Å². The van der Waals surface area contributed by atoms with Gasteiger partial charge in [0.25, 0.3) is 0 Å². The fraction of sp³-hybridized carbons (Fsp3) is 0.600. The first kappa shape index (κ1) is 9.75. The largest absolute Gasteiger partial charge is 0.323 e. The number of hydrogen-bond donors (Lipinski definition) is 1. The number of hydrogen-bond acceptors (Lipinski definition) is 2. The van der Waals surface area contributed by atoms with Crippen LogP contribution in [0.15, 0.2) is 12.1 Å². The first-order valence-corrected chi connectivity index (χ1v) is 5.05. The minimum Gasteiger partial charge on any atom is -0.323 e. The van der Waals surface area contributed by atoms with Gasteiger partial charge in [-0.05, 0) is 24.5 Å². The molecular weight excluding hydrogens is 166 g/mol. The Hall–Kier alpha value is -0.340. The minimum atomic E-state index is 0.163. The zero-order valence-electron chi connectivity index (χ0n) is 8.22. The summed E-state index contributed by atoms with van der Waals surface area (Å²) in [6.45, 7) is 8.63. The highest BCUT2D eigenvalue weighted by Crippen LogP contribution is 2.33. The van der Waals surface area contributed by atoms with Gasteiger partial charge in [-0.3, -0.25) is 0 Å². The van der Waals surface area contributed by atoms with Crippen LogP contribution in [0.4, 0.5) is 0 Å². The standard InChI is InChI=1S/C10H17NS/c1-7-5-6-8(12-7)9(11)10(2,3)4/h5-6,9H,11H2,1-4H3/t9-/m0/s1. The van der Waals surface area contributed by atoms with E-state index in [0.29, 0.717) is 0 Å². The van der Waals surface area contributed by atoms with Crippen molar-refractivity contribution >= 4 is 11.3 Å². The van der Waals surface area contributed by atoms with Crippen molar-refractivity contribution in [3.63, 3.8) is 0 Å². The van der Waals surface area contributed by atoms with Crippen molar-refractivity contribution in [2.24, 2.45) is 11.1 Å². The van der Waals surface area contributed by atoms with E-state index in [1.807, 2.05) is 0 Å². The Kier molecular flexibility index (Phi) is 2.59. The fourth-order valence-electron chi connectivity index (χ4n) is 1.05. The Morgan fingerprint density at radius 3 is 2.25 bits per heavy atom. The maximum atomic E-state index is 6.10. The van der Waals surface area contributed by atoms with Crippen LogP contribution in [0, 0.1) is 12.3 Å². The lowest BCUT2D eigenvalue weighted by molar-refractivity contribution is 0.331. The zero-order valence-corrected chi connectivity index (χ0v) is 9.03. The summed E-state index contributed by atoms with van der Waals surface area (Å²) >= 11 is 1.80. The highest BCUT2D eigenvalue weighted by molar-refractivity contribution is 7.12. The molecule has 0 aliphatic rings. The first-order chi connectivity index (χ1) is 5.41. The van der Waals surface area contributed by atoms with Crippen LogP contribution >= 0.6 is 11.3 Å². The van der Waals surface area contributed by atoms with Crippen LogP contribution in [0.3, 0.4) is 0 Å². The highest BCUT2D eigenvalue weighted by Gasteiger charge is 2.23. The lowest BCUT2D eigenvalue weighted by atomic mass is 9.87. The first-order valence-electron chi connectivity index (χ1n) is 4.23. The van der Waals surface area contributed by atoms with Crippen molar-refractivity contribution in [2.75, 3.05) is 0 Å². The third-order valence-corrected chi connectivity index (χ3v) is 3.08. The van der Waals surface area contributed by atoms with Gasteiger partial charge in [0.05, 0.1) is 0 Å². The molecule has 0 saturated heterocycles. The third-order valence-electron chi connectivity index (χ3n) is 2.00. The van der Waals surface area contributed by atoms with Gasteiger partial charge in [0.2, 0.25) is 0 Å². The lowest BCUT2D eigenvalue weighted by Gasteiger charge is -2.25. The van der Waals surface area contributed by atoms with E-state index in [-0.39, 0.29) is 11.5 Å². The average Bonchev–Trinajstić information content (AvgIpc) is 2.32. The lowest BCUT2D eigenvalue weighted by Crippen LogP contribution is -2.25. The molecule has 0 spiro atoms. The molecule has 0 amide bonds. The Labute approximate surface area is 78.6 Å². The predicted molar refractivity (Wildman–Crippen MR) is 55.4 cm³/mol. The molecule has 68 valence electrons. The van der Waals surface area contributed by atoms with Crippen LogP contribution in [0.2, 0.25) is 0 Å². The molecule has 2 heteroatoms. The zero-order chi connectivity index (χ0) is 9.35. The number of nitrogens with two attached hydrogens (primary N) is 1. The van der Waals surface area contributed by atoms with Gasteiger partial charge < -0.3 is 5.73 Å². The van der Waals surface area contributed by atoms with E-state index in [1.165, 1.54) is 9.75 Å². The molecular formula is C10H17NS. The van der Waals surface area contributed by atoms with Gasteiger partial charge >= 0.3 is 0 Å². The number of thiophene rings is 1. The normalized spacial score (nSPS) is 14.8. The Morgan fingerprint density at radius 1 is 1.33 bits per heavy atom. The SMILES string of the molecule is Cc1ccc([C@H](N)C(C)(C)C)s1. The second-order valence-electron chi connectivity index (χ2n) is 4.29. The fourth-order valence-corrected chi connectivity index (χ4v) is 2.17. The monoisotopic (exact) mass is 183 g/mol. The van der Waals surface area contributed by atoms with Gasteiger partial charge in [0.1, 0.15) is 0 Å². The minimum absolute atomic E-state index is 0.163. The molecule has 0 unspecified atom stereocenters. The van der Waals surface area contributed by atoms with Gasteiger partial charge in [-0.2, -0.15) is 0 Å². The summed E-state index contributed by atoms with van der Waals surface area (Å²) in [6.07, 6.45) is 0. The quantitative estimate of drug-likeness (QED) is 0.711. The molecule has 1 rings (SSSR count). The number of rotatable bonds is 1. The smallest absolute Gasteiger partial charge is 0.0439 e. The summed E-state index contributed by atoms with van der Waals surface area (Å²) in [6, 6.07) is 4.43. The molecule has 0 aliphatic carbocycles. The van der Waals surface area contributed by atoms with Gasteiger partial charge in [-0.1, -0.05) is 20.8 Å². The van der Waals surface area contributed by atoms with Gasteiger partial charge in [-0.25, -0.2) is 0 Å².